The summed E-state index contributed by atoms with van der Waals surface area (Å²) in [7, 11) is 1.53. The molecule has 1 aliphatic heterocycles. The number of likely N-dealkylation sites (N-methyl/N-ethyl adjacent to an activating group) is 1. The number of para-hydroxylation sites is 1. The SMILES string of the molecule is CCN1CCc2cc(OC)c(Nc3nnc(C(N)=O)c(Nc4ccccc4C(F)(F)F)n3)cc2C1. The van der Waals surface area contributed by atoms with Crippen molar-refractivity contribution in [3.63, 3.8) is 0 Å². The summed E-state index contributed by atoms with van der Waals surface area (Å²) in [4.78, 5) is 18.4. The van der Waals surface area contributed by atoms with Crippen LogP contribution in [0.3, 0.4) is 0 Å². The molecule has 2 aromatic carbocycles. The van der Waals surface area contributed by atoms with E-state index in [4.69, 9.17) is 10.5 Å². The number of methoxy groups -OCH3 is 1. The van der Waals surface area contributed by atoms with Gasteiger partial charge in [0.25, 0.3) is 5.91 Å². The molecule has 0 fully saturated rings. The summed E-state index contributed by atoms with van der Waals surface area (Å²) in [5.41, 5.74) is 6.56. The maximum absolute atomic E-state index is 13.4. The van der Waals surface area contributed by atoms with E-state index in [-0.39, 0.29) is 17.5 Å². The Kier molecular flexibility index (Phi) is 6.74. The van der Waals surface area contributed by atoms with Gasteiger partial charge < -0.3 is 21.1 Å². The molecule has 0 saturated heterocycles. The minimum Gasteiger partial charge on any atom is -0.495 e. The predicted molar refractivity (Wildman–Crippen MR) is 124 cm³/mol. The number of nitrogens with one attached hydrogen (secondary N) is 2. The van der Waals surface area contributed by atoms with Crippen LogP contribution in [0.4, 0.5) is 36.3 Å². The molecule has 0 bridgehead atoms. The number of fused-ring (bicyclic) bond motifs is 1. The van der Waals surface area contributed by atoms with Crippen molar-refractivity contribution >= 4 is 29.0 Å². The molecule has 0 atom stereocenters. The number of nitrogens with two attached hydrogens (primary N) is 1. The number of halogens is 3. The molecule has 9 nitrogen and oxygen atoms in total. The lowest BCUT2D eigenvalue weighted by molar-refractivity contribution is -0.136. The van der Waals surface area contributed by atoms with Crippen molar-refractivity contribution in [1.29, 1.82) is 0 Å². The van der Waals surface area contributed by atoms with Crippen LogP contribution in [-0.2, 0) is 19.1 Å². The molecule has 1 aromatic heterocycles. The van der Waals surface area contributed by atoms with E-state index in [0.29, 0.717) is 11.4 Å². The minimum atomic E-state index is -4.62. The van der Waals surface area contributed by atoms with Gasteiger partial charge in [-0.15, -0.1) is 10.2 Å². The molecule has 12 heteroatoms. The third-order valence-electron chi connectivity index (χ3n) is 5.71. The van der Waals surface area contributed by atoms with Crippen molar-refractivity contribution in [3.05, 3.63) is 58.8 Å². The normalized spacial score (nSPS) is 13.7. The standard InChI is InChI=1S/C23H24F3N7O2/c1-3-33-9-8-13-11-18(35-2)17(10-14(13)12-33)29-22-30-21(19(20(27)34)31-32-22)28-16-7-5-4-6-15(16)23(24,25)26/h4-7,10-11H,3,8-9,12H2,1-2H3,(H2,27,34)(H2,28,29,30,32). The van der Waals surface area contributed by atoms with E-state index >= 15 is 0 Å². The first-order valence-electron chi connectivity index (χ1n) is 10.9. The Bertz CT molecular complexity index is 1250. The topological polar surface area (TPSA) is 118 Å². The van der Waals surface area contributed by atoms with Crippen molar-refractivity contribution in [2.45, 2.75) is 26.1 Å². The summed E-state index contributed by atoms with van der Waals surface area (Å²) in [6.45, 7) is 4.74. The van der Waals surface area contributed by atoms with Gasteiger partial charge in [-0.05, 0) is 48.4 Å². The number of alkyl halides is 3. The van der Waals surface area contributed by atoms with Gasteiger partial charge in [0.2, 0.25) is 5.95 Å². The van der Waals surface area contributed by atoms with Crippen LogP contribution < -0.4 is 21.1 Å². The fourth-order valence-electron chi connectivity index (χ4n) is 3.90. The molecule has 4 N–H and O–H groups in total. The first-order valence-corrected chi connectivity index (χ1v) is 10.9. The Hall–Kier alpha value is -3.93. The second-order valence-corrected chi connectivity index (χ2v) is 7.93. The van der Waals surface area contributed by atoms with Crippen LogP contribution in [0.15, 0.2) is 36.4 Å². The average molecular weight is 487 g/mol. The van der Waals surface area contributed by atoms with E-state index in [1.54, 1.807) is 0 Å². The highest BCUT2D eigenvalue weighted by Crippen LogP contribution is 2.36. The highest BCUT2D eigenvalue weighted by atomic mass is 19.4. The first kappa shape index (κ1) is 24.2. The molecule has 184 valence electrons. The van der Waals surface area contributed by atoms with E-state index in [2.05, 4.69) is 37.6 Å². The zero-order valence-electron chi connectivity index (χ0n) is 19.1. The maximum Gasteiger partial charge on any atom is 0.418 e. The molecule has 1 aliphatic rings. The quantitative estimate of drug-likeness (QED) is 0.460. The highest BCUT2D eigenvalue weighted by Gasteiger charge is 2.33. The molecule has 0 radical (unpaired) electrons. The van der Waals surface area contributed by atoms with Crippen LogP contribution in [-0.4, -0.2) is 46.2 Å². The van der Waals surface area contributed by atoms with Gasteiger partial charge in [-0.2, -0.15) is 18.2 Å². The number of carbonyl (C=O) groups is 1. The van der Waals surface area contributed by atoms with E-state index in [1.165, 1.54) is 30.9 Å². The molecule has 0 aliphatic carbocycles. The molecule has 35 heavy (non-hydrogen) atoms. The van der Waals surface area contributed by atoms with E-state index in [9.17, 15) is 18.0 Å². The van der Waals surface area contributed by atoms with Crippen LogP contribution in [0.1, 0.15) is 34.1 Å². The second-order valence-electron chi connectivity index (χ2n) is 7.93. The molecule has 0 unspecified atom stereocenters. The number of aromatic nitrogens is 3. The van der Waals surface area contributed by atoms with Crippen molar-refractivity contribution in [1.82, 2.24) is 20.1 Å². The lowest BCUT2D eigenvalue weighted by Crippen LogP contribution is -2.30. The van der Waals surface area contributed by atoms with Gasteiger partial charge in [0, 0.05) is 13.1 Å². The number of primary amides is 1. The van der Waals surface area contributed by atoms with Crippen LogP contribution in [0.5, 0.6) is 5.75 Å². The van der Waals surface area contributed by atoms with E-state index in [0.717, 1.165) is 37.7 Å². The molecular formula is C23H24F3N7O2. The van der Waals surface area contributed by atoms with Gasteiger partial charge >= 0.3 is 6.18 Å². The molecule has 0 spiro atoms. The van der Waals surface area contributed by atoms with Gasteiger partial charge in [0.05, 0.1) is 24.0 Å². The summed E-state index contributed by atoms with van der Waals surface area (Å²) in [6, 6.07) is 8.68. The van der Waals surface area contributed by atoms with Gasteiger partial charge in [0.1, 0.15) is 5.75 Å². The monoisotopic (exact) mass is 487 g/mol. The number of hydrogen-bond donors (Lipinski definition) is 3. The maximum atomic E-state index is 13.4. The molecule has 1 amide bonds. The lowest BCUT2D eigenvalue weighted by Gasteiger charge is -2.28. The Balaban J connectivity index is 1.69. The fraction of sp³-hybridized carbons (Fsp3) is 0.304. The third-order valence-corrected chi connectivity index (χ3v) is 5.71. The Labute approximate surface area is 199 Å². The number of ether oxygens (including phenoxy) is 1. The molecule has 2 heterocycles. The number of hydrogen-bond acceptors (Lipinski definition) is 8. The second kappa shape index (κ2) is 9.74. The third kappa shape index (κ3) is 5.27. The summed E-state index contributed by atoms with van der Waals surface area (Å²) < 4.78 is 45.8. The first-order chi connectivity index (χ1) is 16.7. The van der Waals surface area contributed by atoms with Crippen LogP contribution in [0.25, 0.3) is 0 Å². The summed E-state index contributed by atoms with van der Waals surface area (Å²) >= 11 is 0. The van der Waals surface area contributed by atoms with E-state index < -0.39 is 23.3 Å². The molecular weight excluding hydrogens is 463 g/mol. The van der Waals surface area contributed by atoms with Crippen LogP contribution in [0, 0.1) is 0 Å². The van der Waals surface area contributed by atoms with Crippen LogP contribution in [0.2, 0.25) is 0 Å². The Morgan fingerprint density at radius 1 is 1.14 bits per heavy atom. The zero-order chi connectivity index (χ0) is 25.2. The number of rotatable bonds is 7. The summed E-state index contributed by atoms with van der Waals surface area (Å²) in [6.07, 6.45) is -3.74. The zero-order valence-corrected chi connectivity index (χ0v) is 19.1. The number of carbonyl (C=O) groups excluding carboxylic acids is 1. The number of benzene rings is 2. The smallest absolute Gasteiger partial charge is 0.418 e. The van der Waals surface area contributed by atoms with Crippen LogP contribution >= 0.6 is 0 Å². The lowest BCUT2D eigenvalue weighted by atomic mass is 9.98. The number of amides is 1. The molecule has 0 saturated carbocycles. The van der Waals surface area contributed by atoms with Gasteiger partial charge in [-0.1, -0.05) is 19.1 Å². The summed E-state index contributed by atoms with van der Waals surface area (Å²) in [5.74, 6) is -0.757. The van der Waals surface area contributed by atoms with Gasteiger partial charge in [-0.25, -0.2) is 0 Å². The highest BCUT2D eigenvalue weighted by molar-refractivity contribution is 5.96. The average Bonchev–Trinajstić information content (AvgIpc) is 2.83. The van der Waals surface area contributed by atoms with Crippen molar-refractivity contribution in [2.24, 2.45) is 5.73 Å². The Morgan fingerprint density at radius 2 is 1.91 bits per heavy atom. The van der Waals surface area contributed by atoms with E-state index in [1.807, 2.05) is 12.1 Å². The van der Waals surface area contributed by atoms with Gasteiger partial charge in [-0.3, -0.25) is 9.69 Å². The largest absolute Gasteiger partial charge is 0.495 e. The van der Waals surface area contributed by atoms with Crippen molar-refractivity contribution < 1.29 is 22.7 Å². The van der Waals surface area contributed by atoms with Crippen molar-refractivity contribution in [3.8, 4) is 5.75 Å². The van der Waals surface area contributed by atoms with Gasteiger partial charge in [0.15, 0.2) is 11.5 Å². The molecule has 4 rings (SSSR count). The molecule has 3 aromatic rings. The number of anilines is 4. The Morgan fingerprint density at radius 3 is 2.60 bits per heavy atom. The predicted octanol–water partition coefficient (Wildman–Crippen LogP) is 3.86. The number of nitrogens with zero attached hydrogens (tertiary/aromatic N) is 4. The van der Waals surface area contributed by atoms with Crippen molar-refractivity contribution in [2.75, 3.05) is 30.8 Å². The summed E-state index contributed by atoms with van der Waals surface area (Å²) in [5, 5.41) is 13.2. The fourth-order valence-corrected chi connectivity index (χ4v) is 3.90. The minimum absolute atomic E-state index is 0.0524.